The highest BCUT2D eigenvalue weighted by molar-refractivity contribution is 7.99. The molecule has 108 valence electrons. The van der Waals surface area contributed by atoms with E-state index >= 15 is 0 Å². The molecular formula is C17H16O3S. The molecule has 2 aromatic rings. The maximum absolute atomic E-state index is 12.0. The van der Waals surface area contributed by atoms with E-state index in [1.165, 1.54) is 0 Å². The quantitative estimate of drug-likeness (QED) is 0.621. The Morgan fingerprint density at radius 3 is 2.57 bits per heavy atom. The molecule has 0 N–H and O–H groups in total. The number of thioether (sulfide) groups is 1. The van der Waals surface area contributed by atoms with Crippen LogP contribution >= 0.6 is 11.8 Å². The molecule has 0 saturated carbocycles. The Morgan fingerprint density at radius 1 is 1.00 bits per heavy atom. The van der Waals surface area contributed by atoms with Gasteiger partial charge in [0.15, 0.2) is 17.3 Å². The molecule has 0 radical (unpaired) electrons. The molecule has 1 aliphatic heterocycles. The summed E-state index contributed by atoms with van der Waals surface area (Å²) in [6, 6.07) is 15.3. The number of Topliss-reactive ketones (excluding diaryl/α,β-unsaturated/α-hetero) is 1. The fourth-order valence-electron chi connectivity index (χ4n) is 2.14. The number of benzene rings is 2. The number of fused-ring (bicyclic) bond motifs is 1. The van der Waals surface area contributed by atoms with Crippen molar-refractivity contribution in [3.8, 4) is 11.5 Å². The molecular weight excluding hydrogens is 284 g/mol. The van der Waals surface area contributed by atoms with E-state index in [2.05, 4.69) is 0 Å². The minimum atomic E-state index is 0.181. The van der Waals surface area contributed by atoms with Gasteiger partial charge in [0, 0.05) is 22.6 Å². The summed E-state index contributed by atoms with van der Waals surface area (Å²) >= 11 is 1.66. The third-order valence-corrected chi connectivity index (χ3v) is 4.20. The maximum Gasteiger partial charge on any atom is 0.163 e. The van der Waals surface area contributed by atoms with Gasteiger partial charge in [-0.3, -0.25) is 4.79 Å². The Kier molecular flexibility index (Phi) is 4.46. The average molecular weight is 300 g/mol. The van der Waals surface area contributed by atoms with E-state index in [-0.39, 0.29) is 5.78 Å². The van der Waals surface area contributed by atoms with Crippen LogP contribution in [0.3, 0.4) is 0 Å². The van der Waals surface area contributed by atoms with E-state index in [4.69, 9.17) is 9.47 Å². The van der Waals surface area contributed by atoms with Gasteiger partial charge in [-0.1, -0.05) is 30.3 Å². The summed E-state index contributed by atoms with van der Waals surface area (Å²) in [5, 5.41) is 0. The van der Waals surface area contributed by atoms with Crippen LogP contribution in [0.4, 0.5) is 0 Å². The lowest BCUT2D eigenvalue weighted by Crippen LogP contribution is -2.15. The van der Waals surface area contributed by atoms with E-state index in [1.54, 1.807) is 11.8 Å². The van der Waals surface area contributed by atoms with E-state index in [9.17, 15) is 4.79 Å². The second-order valence-corrected chi connectivity index (χ2v) is 5.86. The molecule has 0 unspecified atom stereocenters. The van der Waals surface area contributed by atoms with Crippen LogP contribution in [0.5, 0.6) is 11.5 Å². The van der Waals surface area contributed by atoms with Crippen LogP contribution < -0.4 is 9.47 Å². The van der Waals surface area contributed by atoms with Gasteiger partial charge >= 0.3 is 0 Å². The summed E-state index contributed by atoms with van der Waals surface area (Å²) < 4.78 is 11.0. The Bertz CT molecular complexity index is 625. The molecule has 0 amide bonds. The fourth-order valence-corrected chi connectivity index (χ4v) is 3.02. The molecule has 3 nitrogen and oxygen atoms in total. The smallest absolute Gasteiger partial charge is 0.163 e. The standard InChI is InChI=1S/C17H16O3S/c18-15(13-4-2-1-3-5-13)8-11-21-14-6-7-16-17(12-14)20-10-9-19-16/h1-7,12H,8-11H2. The molecule has 0 bridgehead atoms. The van der Waals surface area contributed by atoms with Gasteiger partial charge in [0.25, 0.3) is 0 Å². The number of ether oxygens (including phenoxy) is 2. The van der Waals surface area contributed by atoms with Gasteiger partial charge in [0.05, 0.1) is 0 Å². The molecule has 4 heteroatoms. The summed E-state index contributed by atoms with van der Waals surface area (Å²) in [7, 11) is 0. The lowest BCUT2D eigenvalue weighted by molar-refractivity contribution is 0.0989. The Labute approximate surface area is 128 Å². The number of hydrogen-bond donors (Lipinski definition) is 0. The van der Waals surface area contributed by atoms with E-state index in [0.29, 0.717) is 19.6 Å². The van der Waals surface area contributed by atoms with Gasteiger partial charge in [-0.25, -0.2) is 0 Å². The van der Waals surface area contributed by atoms with Crippen molar-refractivity contribution >= 4 is 17.5 Å². The second-order valence-electron chi connectivity index (χ2n) is 4.69. The highest BCUT2D eigenvalue weighted by Crippen LogP contribution is 2.34. The third kappa shape index (κ3) is 3.58. The van der Waals surface area contributed by atoms with Gasteiger partial charge in [0.1, 0.15) is 13.2 Å². The van der Waals surface area contributed by atoms with Crippen molar-refractivity contribution in [2.24, 2.45) is 0 Å². The van der Waals surface area contributed by atoms with Gasteiger partial charge in [-0.15, -0.1) is 11.8 Å². The maximum atomic E-state index is 12.0. The molecule has 0 fully saturated rings. The van der Waals surface area contributed by atoms with Gasteiger partial charge < -0.3 is 9.47 Å². The highest BCUT2D eigenvalue weighted by Gasteiger charge is 2.12. The number of rotatable bonds is 5. The molecule has 0 spiro atoms. The summed E-state index contributed by atoms with van der Waals surface area (Å²) in [5.74, 6) is 2.53. The summed E-state index contributed by atoms with van der Waals surface area (Å²) in [6.45, 7) is 1.19. The predicted molar refractivity (Wildman–Crippen MR) is 83.5 cm³/mol. The lowest BCUT2D eigenvalue weighted by Gasteiger charge is -2.18. The molecule has 0 aromatic heterocycles. The number of ketones is 1. The SMILES string of the molecule is O=C(CCSc1ccc2c(c1)OCCO2)c1ccccc1. The van der Waals surface area contributed by atoms with Crippen LogP contribution in [-0.2, 0) is 0 Å². The minimum Gasteiger partial charge on any atom is -0.486 e. The van der Waals surface area contributed by atoms with Crippen LogP contribution in [0.2, 0.25) is 0 Å². The van der Waals surface area contributed by atoms with Crippen molar-refractivity contribution in [3.05, 3.63) is 54.1 Å². The molecule has 3 rings (SSSR count). The summed E-state index contributed by atoms with van der Waals surface area (Å²) in [6.07, 6.45) is 0.531. The van der Waals surface area contributed by atoms with Crippen molar-refractivity contribution in [3.63, 3.8) is 0 Å². The van der Waals surface area contributed by atoms with Crippen molar-refractivity contribution in [1.82, 2.24) is 0 Å². The Hall–Kier alpha value is -1.94. The lowest BCUT2D eigenvalue weighted by atomic mass is 10.1. The van der Waals surface area contributed by atoms with Gasteiger partial charge in [-0.2, -0.15) is 0 Å². The Morgan fingerprint density at radius 2 is 1.76 bits per heavy atom. The van der Waals surface area contributed by atoms with Crippen LogP contribution in [0.25, 0.3) is 0 Å². The van der Waals surface area contributed by atoms with Crippen molar-refractivity contribution in [1.29, 1.82) is 0 Å². The first-order valence-corrected chi connectivity index (χ1v) is 7.92. The monoisotopic (exact) mass is 300 g/mol. The first-order chi connectivity index (χ1) is 10.3. The van der Waals surface area contributed by atoms with Crippen LogP contribution in [0.15, 0.2) is 53.4 Å². The van der Waals surface area contributed by atoms with Crippen molar-refractivity contribution in [2.45, 2.75) is 11.3 Å². The predicted octanol–water partition coefficient (Wildman–Crippen LogP) is 3.82. The third-order valence-electron chi connectivity index (χ3n) is 3.21. The fraction of sp³-hybridized carbons (Fsp3) is 0.235. The van der Waals surface area contributed by atoms with Crippen LogP contribution in [0.1, 0.15) is 16.8 Å². The number of hydrogen-bond acceptors (Lipinski definition) is 4. The van der Waals surface area contributed by atoms with E-state index in [0.717, 1.165) is 27.7 Å². The molecule has 0 saturated heterocycles. The van der Waals surface area contributed by atoms with Gasteiger partial charge in [-0.05, 0) is 18.2 Å². The first kappa shape index (κ1) is 14.0. The average Bonchev–Trinajstić information content (AvgIpc) is 2.55. The molecule has 21 heavy (non-hydrogen) atoms. The topological polar surface area (TPSA) is 35.5 Å². The van der Waals surface area contributed by atoms with Crippen molar-refractivity contribution in [2.75, 3.05) is 19.0 Å². The first-order valence-electron chi connectivity index (χ1n) is 6.93. The zero-order valence-electron chi connectivity index (χ0n) is 11.6. The molecule has 1 heterocycles. The minimum absolute atomic E-state index is 0.181. The summed E-state index contributed by atoms with van der Waals surface area (Å²) in [4.78, 5) is 13.1. The number of carbonyl (C=O) groups is 1. The van der Waals surface area contributed by atoms with Crippen molar-refractivity contribution < 1.29 is 14.3 Å². The zero-order chi connectivity index (χ0) is 14.5. The molecule has 1 aliphatic rings. The zero-order valence-corrected chi connectivity index (χ0v) is 12.4. The van der Waals surface area contributed by atoms with Crippen LogP contribution in [-0.4, -0.2) is 24.7 Å². The molecule has 0 atom stereocenters. The van der Waals surface area contributed by atoms with E-state index < -0.39 is 0 Å². The molecule has 2 aromatic carbocycles. The largest absolute Gasteiger partial charge is 0.486 e. The van der Waals surface area contributed by atoms with Crippen LogP contribution in [0, 0.1) is 0 Å². The molecule has 0 aliphatic carbocycles. The van der Waals surface area contributed by atoms with Gasteiger partial charge in [0.2, 0.25) is 0 Å². The van der Waals surface area contributed by atoms with E-state index in [1.807, 2.05) is 48.5 Å². The second kappa shape index (κ2) is 6.68. The Balaban J connectivity index is 1.55. The highest BCUT2D eigenvalue weighted by atomic mass is 32.2. The number of carbonyl (C=O) groups excluding carboxylic acids is 1. The summed E-state index contributed by atoms with van der Waals surface area (Å²) in [5.41, 5.74) is 0.778. The normalized spacial score (nSPS) is 13.0.